The Bertz CT molecular complexity index is 631. The minimum absolute atomic E-state index is 0.0433. The summed E-state index contributed by atoms with van der Waals surface area (Å²) < 4.78 is 25.0. The zero-order chi connectivity index (χ0) is 16.9. The molecule has 0 aliphatic carbocycles. The van der Waals surface area contributed by atoms with E-state index in [1.807, 2.05) is 0 Å². The number of nitrogens with zero attached hydrogens (tertiary/aromatic N) is 1. The second-order valence-corrected chi connectivity index (χ2v) is 6.18. The summed E-state index contributed by atoms with van der Waals surface area (Å²) in [6.45, 7) is 7.85. The van der Waals surface area contributed by atoms with E-state index in [4.69, 9.17) is 0 Å². The molecule has 0 saturated carbocycles. The Kier molecular flexibility index (Phi) is 6.42. The monoisotopic (exact) mass is 326 g/mol. The average Bonchev–Trinajstić information content (AvgIpc) is 2.43. The molecule has 0 fully saturated rings. The van der Waals surface area contributed by atoms with Crippen molar-refractivity contribution in [1.82, 2.24) is 4.90 Å². The van der Waals surface area contributed by atoms with E-state index in [0.29, 0.717) is 6.54 Å². The minimum Gasteiger partial charge on any atom is -0.331 e. The van der Waals surface area contributed by atoms with Crippen LogP contribution in [0.4, 0.5) is 10.1 Å². The molecule has 5 nitrogen and oxygen atoms in total. The molecule has 2 amide bonds. The summed E-state index contributed by atoms with van der Waals surface area (Å²) in [6, 6.07) is 3.76. The van der Waals surface area contributed by atoms with Crippen molar-refractivity contribution in [3.8, 4) is 0 Å². The van der Waals surface area contributed by atoms with E-state index in [2.05, 4.69) is 11.9 Å². The summed E-state index contributed by atoms with van der Waals surface area (Å²) in [4.78, 5) is 25.3. The number of amides is 2. The van der Waals surface area contributed by atoms with Crippen molar-refractivity contribution in [1.29, 1.82) is 0 Å². The molecule has 1 aromatic carbocycles. The van der Waals surface area contributed by atoms with Gasteiger partial charge in [-0.3, -0.25) is 13.8 Å². The Morgan fingerprint density at radius 3 is 2.50 bits per heavy atom. The zero-order valence-electron chi connectivity index (χ0n) is 12.8. The zero-order valence-corrected chi connectivity index (χ0v) is 13.6. The molecule has 0 saturated heterocycles. The Labute approximate surface area is 131 Å². The van der Waals surface area contributed by atoms with Crippen molar-refractivity contribution in [3.63, 3.8) is 0 Å². The first kappa shape index (κ1) is 18.0. The van der Waals surface area contributed by atoms with Gasteiger partial charge in [-0.2, -0.15) is 0 Å². The molecule has 1 rings (SSSR count). The Balaban J connectivity index is 2.83. The van der Waals surface area contributed by atoms with Crippen molar-refractivity contribution in [2.75, 3.05) is 24.7 Å². The van der Waals surface area contributed by atoms with Gasteiger partial charge in [-0.25, -0.2) is 4.39 Å². The van der Waals surface area contributed by atoms with Crippen LogP contribution in [0.5, 0.6) is 0 Å². The Hall–Kier alpha value is -2.02. The van der Waals surface area contributed by atoms with E-state index in [-0.39, 0.29) is 17.1 Å². The highest BCUT2D eigenvalue weighted by molar-refractivity contribution is 7.84. The number of likely N-dealkylation sites (N-methyl/N-ethyl adjacent to an activating group) is 1. The summed E-state index contributed by atoms with van der Waals surface area (Å²) in [6.07, 6.45) is 1.36. The van der Waals surface area contributed by atoms with Gasteiger partial charge in [-0.15, -0.1) is 0 Å². The predicted octanol–water partition coefficient (Wildman–Crippen LogP) is 1.93. The van der Waals surface area contributed by atoms with Gasteiger partial charge < -0.3 is 10.2 Å². The third-order valence-corrected chi connectivity index (χ3v) is 3.77. The molecule has 0 heterocycles. The highest BCUT2D eigenvalue weighted by Crippen LogP contribution is 2.17. The fourth-order valence-electron chi connectivity index (χ4n) is 1.79. The van der Waals surface area contributed by atoms with E-state index in [1.165, 1.54) is 23.3 Å². The van der Waals surface area contributed by atoms with Gasteiger partial charge >= 0.3 is 11.8 Å². The first-order valence-electron chi connectivity index (χ1n) is 6.63. The maximum atomic E-state index is 13.7. The van der Waals surface area contributed by atoms with E-state index in [9.17, 15) is 18.2 Å². The molecule has 0 aromatic heterocycles. The van der Waals surface area contributed by atoms with Crippen molar-refractivity contribution in [2.24, 2.45) is 0 Å². The highest BCUT2D eigenvalue weighted by Gasteiger charge is 2.21. The number of nitrogens with one attached hydrogen (secondary N) is 1. The van der Waals surface area contributed by atoms with E-state index in [1.54, 1.807) is 13.8 Å². The number of rotatable bonds is 5. The van der Waals surface area contributed by atoms with Gasteiger partial charge in [0.05, 0.1) is 15.7 Å². The van der Waals surface area contributed by atoms with E-state index in [0.717, 1.165) is 11.6 Å². The lowest BCUT2D eigenvalue weighted by molar-refractivity contribution is -0.142. The van der Waals surface area contributed by atoms with Crippen LogP contribution in [0.15, 0.2) is 35.2 Å². The van der Waals surface area contributed by atoms with Gasteiger partial charge in [-0.1, -0.05) is 12.2 Å². The smallest absolute Gasteiger partial charge is 0.313 e. The molecule has 0 radical (unpaired) electrons. The average molecular weight is 326 g/mol. The molecule has 1 atom stereocenters. The molecule has 0 unspecified atom stereocenters. The number of benzene rings is 1. The van der Waals surface area contributed by atoms with Crippen LogP contribution in [0, 0.1) is 5.82 Å². The quantitative estimate of drug-likeness (QED) is 0.664. The van der Waals surface area contributed by atoms with E-state index < -0.39 is 28.4 Å². The summed E-state index contributed by atoms with van der Waals surface area (Å²) in [7, 11) is -1.46. The molecule has 1 N–H and O–H groups in total. The Morgan fingerprint density at radius 2 is 2.05 bits per heavy atom. The second-order valence-electron chi connectivity index (χ2n) is 4.83. The van der Waals surface area contributed by atoms with Crippen LogP contribution < -0.4 is 5.32 Å². The minimum atomic E-state index is -1.46. The number of hydrogen-bond donors (Lipinski definition) is 1. The van der Waals surface area contributed by atoms with Gasteiger partial charge in [0.1, 0.15) is 5.82 Å². The molecule has 22 heavy (non-hydrogen) atoms. The number of carbonyl (C=O) groups excluding carboxylic acids is 2. The van der Waals surface area contributed by atoms with Crippen LogP contribution in [0.3, 0.4) is 0 Å². The summed E-state index contributed by atoms with van der Waals surface area (Å²) in [5.41, 5.74) is 0.889. The molecule has 0 aliphatic rings. The fourth-order valence-corrected chi connectivity index (χ4v) is 2.39. The van der Waals surface area contributed by atoms with Gasteiger partial charge in [0, 0.05) is 25.0 Å². The molecule has 1 aromatic rings. The van der Waals surface area contributed by atoms with Crippen molar-refractivity contribution < 1.29 is 18.2 Å². The first-order valence-corrected chi connectivity index (χ1v) is 8.19. The molecular weight excluding hydrogens is 307 g/mol. The number of anilines is 1. The first-order chi connectivity index (χ1) is 10.3. The van der Waals surface area contributed by atoms with Crippen molar-refractivity contribution in [3.05, 3.63) is 36.2 Å². The summed E-state index contributed by atoms with van der Waals surface area (Å²) in [5, 5.41) is 2.34. The van der Waals surface area contributed by atoms with Crippen molar-refractivity contribution >= 4 is 28.3 Å². The second kappa shape index (κ2) is 7.84. The van der Waals surface area contributed by atoms with Crippen molar-refractivity contribution in [2.45, 2.75) is 18.7 Å². The molecular formula is C15H19FN2O3S. The van der Waals surface area contributed by atoms with Crippen LogP contribution >= 0.6 is 0 Å². The van der Waals surface area contributed by atoms with Gasteiger partial charge in [0.2, 0.25) is 0 Å². The molecule has 0 aliphatic heterocycles. The van der Waals surface area contributed by atoms with Gasteiger partial charge in [0.25, 0.3) is 0 Å². The predicted molar refractivity (Wildman–Crippen MR) is 84.4 cm³/mol. The maximum absolute atomic E-state index is 13.7. The standard InChI is InChI=1S/C15H19FN2O3S/c1-5-18(9-10(2)3)15(20)14(19)17-11-6-7-13(22(4)21)12(16)8-11/h6-8H,2,5,9H2,1,3-4H3,(H,17,19)/t22-/m1/s1. The highest BCUT2D eigenvalue weighted by atomic mass is 32.2. The lowest BCUT2D eigenvalue weighted by Crippen LogP contribution is -2.40. The third kappa shape index (κ3) is 4.77. The number of carbonyl (C=O) groups is 2. The lowest BCUT2D eigenvalue weighted by Gasteiger charge is -2.20. The van der Waals surface area contributed by atoms with Gasteiger partial charge in [0.15, 0.2) is 0 Å². The van der Waals surface area contributed by atoms with Crippen LogP contribution in [-0.4, -0.2) is 40.3 Å². The van der Waals surface area contributed by atoms with Crippen LogP contribution in [-0.2, 0) is 20.4 Å². The third-order valence-electron chi connectivity index (χ3n) is 2.82. The Morgan fingerprint density at radius 1 is 1.41 bits per heavy atom. The maximum Gasteiger partial charge on any atom is 0.313 e. The SMILES string of the molecule is C=C(C)CN(CC)C(=O)C(=O)Nc1ccc([S@@](C)=O)c(F)c1. The van der Waals surface area contributed by atoms with Crippen LogP contribution in [0.25, 0.3) is 0 Å². The molecule has 120 valence electrons. The van der Waals surface area contributed by atoms with Crippen LogP contribution in [0.2, 0.25) is 0 Å². The molecule has 0 bridgehead atoms. The van der Waals surface area contributed by atoms with E-state index >= 15 is 0 Å². The van der Waals surface area contributed by atoms with Crippen LogP contribution in [0.1, 0.15) is 13.8 Å². The fraction of sp³-hybridized carbons (Fsp3) is 0.333. The molecule has 0 spiro atoms. The topological polar surface area (TPSA) is 66.5 Å². The molecule has 7 heteroatoms. The normalized spacial score (nSPS) is 11.6. The summed E-state index contributed by atoms with van der Waals surface area (Å²) in [5.74, 6) is -2.26. The largest absolute Gasteiger partial charge is 0.331 e. The lowest BCUT2D eigenvalue weighted by atomic mass is 10.3. The number of hydrogen-bond acceptors (Lipinski definition) is 3. The van der Waals surface area contributed by atoms with Gasteiger partial charge in [-0.05, 0) is 32.0 Å². The number of halogens is 1. The summed E-state index contributed by atoms with van der Waals surface area (Å²) >= 11 is 0.